The van der Waals surface area contributed by atoms with E-state index >= 15 is 0 Å². The number of hydrogen-bond acceptors (Lipinski definition) is 6. The van der Waals surface area contributed by atoms with Crippen molar-refractivity contribution in [1.29, 1.82) is 0 Å². The Labute approximate surface area is 233 Å². The van der Waals surface area contributed by atoms with Gasteiger partial charge in [0.05, 0.1) is 12.8 Å². The zero-order chi connectivity index (χ0) is 28.2. The van der Waals surface area contributed by atoms with Gasteiger partial charge in [-0.05, 0) is 73.2 Å². The zero-order valence-electron chi connectivity index (χ0n) is 23.0. The summed E-state index contributed by atoms with van der Waals surface area (Å²) in [4.78, 5) is 36.0. The number of carboxylic acids is 1. The van der Waals surface area contributed by atoms with E-state index in [9.17, 15) is 14.7 Å². The molecule has 4 aromatic rings. The van der Waals surface area contributed by atoms with Crippen LogP contribution < -0.4 is 4.74 Å². The largest absolute Gasteiger partial charge is 0.496 e. The molecule has 5 rings (SSSR count). The highest BCUT2D eigenvalue weighted by atomic mass is 16.6. The average Bonchev–Trinajstić information content (AvgIpc) is 2.95. The molecule has 206 valence electrons. The number of benzene rings is 2. The van der Waals surface area contributed by atoms with Crippen molar-refractivity contribution in [2.75, 3.05) is 20.2 Å². The number of hydrogen-bond donors (Lipinski definition) is 1. The van der Waals surface area contributed by atoms with Gasteiger partial charge in [-0.25, -0.2) is 14.8 Å². The van der Waals surface area contributed by atoms with Crippen LogP contribution in [-0.2, 0) is 16.1 Å². The molecule has 0 radical (unpaired) electrons. The maximum atomic E-state index is 13.0. The minimum Gasteiger partial charge on any atom is -0.496 e. The molecular weight excluding hydrogens is 506 g/mol. The lowest BCUT2D eigenvalue weighted by Crippen LogP contribution is -2.44. The van der Waals surface area contributed by atoms with Crippen LogP contribution in [0.5, 0.6) is 5.75 Å². The molecule has 40 heavy (non-hydrogen) atoms. The van der Waals surface area contributed by atoms with Crippen molar-refractivity contribution in [3.05, 3.63) is 89.1 Å². The number of aryl methyl sites for hydroxylation is 2. The molecule has 2 aromatic carbocycles. The molecule has 2 unspecified atom stereocenters. The lowest BCUT2D eigenvalue weighted by molar-refractivity contribution is -0.138. The van der Waals surface area contributed by atoms with Crippen molar-refractivity contribution in [2.45, 2.75) is 39.2 Å². The number of nitrogens with zero attached hydrogens (tertiary/aromatic N) is 3. The molecule has 2 aromatic heterocycles. The van der Waals surface area contributed by atoms with E-state index in [4.69, 9.17) is 19.4 Å². The first-order valence-electron chi connectivity index (χ1n) is 13.4. The molecule has 8 heteroatoms. The third kappa shape index (κ3) is 6.06. The van der Waals surface area contributed by atoms with E-state index in [1.807, 2.05) is 74.5 Å². The number of rotatable bonds is 7. The Balaban J connectivity index is 1.42. The average molecular weight is 540 g/mol. The lowest BCUT2D eigenvalue weighted by atomic mass is 9.85. The monoisotopic (exact) mass is 539 g/mol. The van der Waals surface area contributed by atoms with Crippen LogP contribution in [0.15, 0.2) is 66.7 Å². The predicted octanol–water partition coefficient (Wildman–Crippen LogP) is 6.14. The number of piperidine rings is 1. The van der Waals surface area contributed by atoms with Crippen molar-refractivity contribution in [3.63, 3.8) is 0 Å². The molecule has 0 aliphatic carbocycles. The molecule has 0 saturated carbocycles. The zero-order valence-corrected chi connectivity index (χ0v) is 23.0. The summed E-state index contributed by atoms with van der Waals surface area (Å²) in [5, 5.41) is 10.4. The number of carbonyl (C=O) groups excluding carboxylic acids is 1. The van der Waals surface area contributed by atoms with Gasteiger partial charge in [-0.3, -0.25) is 4.79 Å². The summed E-state index contributed by atoms with van der Waals surface area (Å²) < 4.78 is 11.2. The molecule has 1 amide bonds. The van der Waals surface area contributed by atoms with E-state index in [1.54, 1.807) is 12.0 Å². The summed E-state index contributed by atoms with van der Waals surface area (Å²) >= 11 is 0. The summed E-state index contributed by atoms with van der Waals surface area (Å²) in [6.45, 7) is 4.96. The van der Waals surface area contributed by atoms with Gasteiger partial charge in [-0.1, -0.05) is 36.4 Å². The van der Waals surface area contributed by atoms with E-state index in [0.717, 1.165) is 44.8 Å². The first-order chi connectivity index (χ1) is 19.3. The topological polar surface area (TPSA) is 102 Å². The van der Waals surface area contributed by atoms with Gasteiger partial charge in [0.15, 0.2) is 5.65 Å². The van der Waals surface area contributed by atoms with Crippen molar-refractivity contribution < 1.29 is 24.2 Å². The number of pyridine rings is 2. The molecule has 1 saturated heterocycles. The number of likely N-dealkylation sites (tertiary alicyclic amines) is 1. The van der Waals surface area contributed by atoms with E-state index in [1.165, 1.54) is 0 Å². The fourth-order valence-corrected chi connectivity index (χ4v) is 5.57. The van der Waals surface area contributed by atoms with Crippen molar-refractivity contribution in [1.82, 2.24) is 14.9 Å². The van der Waals surface area contributed by atoms with Crippen molar-refractivity contribution in [2.24, 2.45) is 5.92 Å². The predicted molar refractivity (Wildman–Crippen MR) is 152 cm³/mol. The molecule has 1 aliphatic heterocycles. The maximum absolute atomic E-state index is 13.0. The quantitative estimate of drug-likeness (QED) is 0.301. The fourth-order valence-electron chi connectivity index (χ4n) is 5.57. The summed E-state index contributed by atoms with van der Waals surface area (Å²) in [6, 6.07) is 21.5. The van der Waals surface area contributed by atoms with Crippen LogP contribution in [0.4, 0.5) is 4.79 Å². The molecule has 0 spiro atoms. The number of aromatic nitrogens is 2. The molecule has 0 bridgehead atoms. The van der Waals surface area contributed by atoms with Gasteiger partial charge >= 0.3 is 12.1 Å². The summed E-state index contributed by atoms with van der Waals surface area (Å²) in [5.41, 5.74) is 6.13. The molecule has 8 nitrogen and oxygen atoms in total. The summed E-state index contributed by atoms with van der Waals surface area (Å²) in [7, 11) is 1.66. The van der Waals surface area contributed by atoms with Gasteiger partial charge in [0.1, 0.15) is 12.4 Å². The minimum absolute atomic E-state index is 0.0263. The fraction of sp³-hybridized carbons (Fsp3) is 0.312. The second kappa shape index (κ2) is 11.7. The highest BCUT2D eigenvalue weighted by molar-refractivity contribution is 5.81. The third-order valence-electron chi connectivity index (χ3n) is 7.38. The molecule has 1 fully saturated rings. The van der Waals surface area contributed by atoms with Gasteiger partial charge in [0.2, 0.25) is 0 Å². The molecule has 2 atom stereocenters. The van der Waals surface area contributed by atoms with Crippen molar-refractivity contribution in [3.8, 4) is 17.0 Å². The van der Waals surface area contributed by atoms with E-state index < -0.39 is 12.1 Å². The smallest absolute Gasteiger partial charge is 0.410 e. The Morgan fingerprint density at radius 1 is 1.00 bits per heavy atom. The van der Waals surface area contributed by atoms with Gasteiger partial charge in [0, 0.05) is 42.1 Å². The highest BCUT2D eigenvalue weighted by Crippen LogP contribution is 2.35. The van der Waals surface area contributed by atoms with Crippen LogP contribution in [0.1, 0.15) is 41.1 Å². The minimum atomic E-state index is -0.886. The summed E-state index contributed by atoms with van der Waals surface area (Å²) in [5.74, 6) is -0.484. The second-order valence-corrected chi connectivity index (χ2v) is 10.5. The Morgan fingerprint density at radius 2 is 1.77 bits per heavy atom. The van der Waals surface area contributed by atoms with E-state index in [0.29, 0.717) is 25.2 Å². The number of aliphatic carboxylic acids is 1. The van der Waals surface area contributed by atoms with Crippen LogP contribution in [-0.4, -0.2) is 52.2 Å². The highest BCUT2D eigenvalue weighted by Gasteiger charge is 2.33. The van der Waals surface area contributed by atoms with E-state index in [2.05, 4.69) is 6.07 Å². The first-order valence-corrected chi connectivity index (χ1v) is 13.4. The van der Waals surface area contributed by atoms with Crippen LogP contribution in [0.25, 0.3) is 22.3 Å². The van der Waals surface area contributed by atoms with Gasteiger partial charge in [-0.15, -0.1) is 0 Å². The molecule has 3 heterocycles. The Bertz CT molecular complexity index is 1540. The van der Waals surface area contributed by atoms with E-state index in [-0.39, 0.29) is 24.9 Å². The Hall–Kier alpha value is -4.46. The first kappa shape index (κ1) is 27.1. The van der Waals surface area contributed by atoms with Gasteiger partial charge in [-0.2, -0.15) is 0 Å². The van der Waals surface area contributed by atoms with Gasteiger partial charge in [0.25, 0.3) is 0 Å². The normalized spacial score (nSPS) is 17.0. The van der Waals surface area contributed by atoms with Crippen LogP contribution in [0, 0.1) is 19.8 Å². The Morgan fingerprint density at radius 3 is 2.52 bits per heavy atom. The summed E-state index contributed by atoms with van der Waals surface area (Å²) in [6.07, 6.45) is 0.131. The number of ether oxygens (including phenoxy) is 2. The van der Waals surface area contributed by atoms with Crippen LogP contribution in [0.2, 0.25) is 0 Å². The number of carbonyl (C=O) groups is 2. The van der Waals surface area contributed by atoms with Crippen LogP contribution in [0.3, 0.4) is 0 Å². The second-order valence-electron chi connectivity index (χ2n) is 10.5. The van der Waals surface area contributed by atoms with Gasteiger partial charge < -0.3 is 19.5 Å². The molecular formula is C32H33N3O5. The third-order valence-corrected chi connectivity index (χ3v) is 7.38. The van der Waals surface area contributed by atoms with Crippen molar-refractivity contribution >= 4 is 23.1 Å². The number of amides is 1. The maximum Gasteiger partial charge on any atom is 0.410 e. The molecule has 1 aliphatic rings. The van der Waals surface area contributed by atoms with Crippen LogP contribution >= 0.6 is 0 Å². The lowest BCUT2D eigenvalue weighted by Gasteiger charge is -2.36. The number of fused-ring (bicyclic) bond motifs is 1. The SMILES string of the molecule is COc1cc(C)cc(C)c1-c1ccc2ccc(C3CC(CC(=O)O)CN(C(=O)OCc4ccccc4)C3)nc2n1. The standard InChI is InChI=1S/C32H33N3O5/c1-20-13-21(2)30(28(14-20)39-3)27-12-10-24-9-11-26(33-31(24)34-27)25-15-23(16-29(36)37)17-35(18-25)32(38)40-19-22-7-5-4-6-8-22/h4-14,23,25H,15-19H2,1-3H3,(H,36,37). The Kier molecular flexibility index (Phi) is 7.96. The number of carboxylic acid groups (broad SMARTS) is 1. The molecule has 1 N–H and O–H groups in total. The number of methoxy groups -OCH3 is 1.